The molecule has 150 valence electrons. The molecule has 0 radical (unpaired) electrons. The van der Waals surface area contributed by atoms with E-state index in [1.165, 1.54) is 6.07 Å². The molecule has 28 heavy (non-hydrogen) atoms. The van der Waals surface area contributed by atoms with E-state index < -0.39 is 0 Å². The first-order valence-corrected chi connectivity index (χ1v) is 10.0. The monoisotopic (exact) mass is 450 g/mol. The lowest BCUT2D eigenvalue weighted by Gasteiger charge is -2.26. The van der Waals surface area contributed by atoms with Crippen LogP contribution in [0.5, 0.6) is 11.5 Å². The van der Waals surface area contributed by atoms with Gasteiger partial charge in [0.25, 0.3) is 0 Å². The number of carbonyl (C=O) groups is 1. The number of rotatable bonds is 6. The highest BCUT2D eigenvalue weighted by molar-refractivity contribution is 9.10. The number of amides is 2. The molecule has 1 aliphatic rings. The fourth-order valence-electron chi connectivity index (χ4n) is 3.57. The maximum Gasteiger partial charge on any atom is 0.317 e. The molecule has 0 aliphatic carbocycles. The first kappa shape index (κ1) is 20.5. The first-order chi connectivity index (χ1) is 13.5. The molecule has 0 aromatic heterocycles. The summed E-state index contributed by atoms with van der Waals surface area (Å²) in [6, 6.07) is 10.3. The number of methoxy groups -OCH3 is 2. The third-order valence-electron chi connectivity index (χ3n) is 4.99. The molecule has 0 bridgehead atoms. The van der Waals surface area contributed by atoms with Gasteiger partial charge in [0.15, 0.2) is 0 Å². The Hall–Kier alpha value is -2.28. The van der Waals surface area contributed by atoms with E-state index >= 15 is 0 Å². The molecule has 1 atom stereocenters. The van der Waals surface area contributed by atoms with Gasteiger partial charge in [-0.25, -0.2) is 9.18 Å². The Balaban J connectivity index is 1.65. The summed E-state index contributed by atoms with van der Waals surface area (Å²) in [4.78, 5) is 14.6. The first-order valence-electron chi connectivity index (χ1n) is 9.23. The molecule has 1 heterocycles. The Bertz CT molecular complexity index is 846. The minimum atomic E-state index is -0.264. The summed E-state index contributed by atoms with van der Waals surface area (Å²) < 4.78 is 25.4. The van der Waals surface area contributed by atoms with Crippen LogP contribution in [-0.2, 0) is 6.42 Å². The van der Waals surface area contributed by atoms with Crippen LogP contribution in [-0.4, -0.2) is 38.2 Å². The maximum absolute atomic E-state index is 13.9. The normalized spacial score (nSPS) is 16.1. The molecule has 2 amide bonds. The molecule has 3 rings (SSSR count). The van der Waals surface area contributed by atoms with Crippen molar-refractivity contribution < 1.29 is 18.7 Å². The van der Waals surface area contributed by atoms with Crippen molar-refractivity contribution >= 4 is 22.0 Å². The second-order valence-corrected chi connectivity index (χ2v) is 7.59. The standard InChI is InChI=1S/C21H24BrFN2O3/c1-27-16-6-7-17(20(13-16)28-2)19-4-3-11-25(19)21(26)24-10-9-14-12-15(22)5-8-18(14)23/h5-8,12-13,19H,3-4,9-11H2,1-2H3,(H,24,26). The van der Waals surface area contributed by atoms with E-state index in [0.717, 1.165) is 22.9 Å². The molecule has 0 saturated carbocycles. The number of benzene rings is 2. The number of urea groups is 1. The Morgan fingerprint density at radius 2 is 2.07 bits per heavy atom. The predicted octanol–water partition coefficient (Wildman–Crippen LogP) is 4.69. The van der Waals surface area contributed by atoms with Gasteiger partial charge >= 0.3 is 6.03 Å². The van der Waals surface area contributed by atoms with Crippen molar-refractivity contribution in [3.63, 3.8) is 0 Å². The molecule has 0 spiro atoms. The number of hydrogen-bond acceptors (Lipinski definition) is 3. The summed E-state index contributed by atoms with van der Waals surface area (Å²) in [5, 5.41) is 2.92. The van der Waals surface area contributed by atoms with Gasteiger partial charge in [0.2, 0.25) is 0 Å². The number of ether oxygens (including phenoxy) is 2. The van der Waals surface area contributed by atoms with Crippen molar-refractivity contribution in [1.29, 1.82) is 0 Å². The smallest absolute Gasteiger partial charge is 0.317 e. The minimum absolute atomic E-state index is 0.0524. The molecular formula is C21H24BrFN2O3. The SMILES string of the molecule is COc1ccc(C2CCCN2C(=O)NCCc2cc(Br)ccc2F)c(OC)c1. The van der Waals surface area contributed by atoms with Gasteiger partial charge in [-0.3, -0.25) is 0 Å². The summed E-state index contributed by atoms with van der Waals surface area (Å²) in [6.45, 7) is 1.05. The number of nitrogens with zero attached hydrogens (tertiary/aromatic N) is 1. The highest BCUT2D eigenvalue weighted by Gasteiger charge is 2.31. The second-order valence-electron chi connectivity index (χ2n) is 6.68. The second kappa shape index (κ2) is 9.28. The van der Waals surface area contributed by atoms with Crippen molar-refractivity contribution in [2.45, 2.75) is 25.3 Å². The molecule has 2 aromatic carbocycles. The molecular weight excluding hydrogens is 427 g/mol. The zero-order valence-corrected chi connectivity index (χ0v) is 17.6. The Morgan fingerprint density at radius 1 is 1.25 bits per heavy atom. The minimum Gasteiger partial charge on any atom is -0.497 e. The Labute approximate surface area is 172 Å². The van der Waals surface area contributed by atoms with Crippen LogP contribution < -0.4 is 14.8 Å². The van der Waals surface area contributed by atoms with Gasteiger partial charge in [0, 0.05) is 29.2 Å². The topological polar surface area (TPSA) is 50.8 Å². The van der Waals surface area contributed by atoms with E-state index in [1.54, 1.807) is 26.4 Å². The molecule has 1 saturated heterocycles. The number of halogens is 2. The van der Waals surface area contributed by atoms with Crippen LogP contribution in [0.3, 0.4) is 0 Å². The van der Waals surface area contributed by atoms with Gasteiger partial charge in [-0.05, 0) is 55.2 Å². The average Bonchev–Trinajstić information content (AvgIpc) is 3.19. The van der Waals surface area contributed by atoms with Crippen LogP contribution in [0.25, 0.3) is 0 Å². The largest absolute Gasteiger partial charge is 0.497 e. The van der Waals surface area contributed by atoms with Crippen molar-refractivity contribution in [2.75, 3.05) is 27.3 Å². The Kier molecular flexibility index (Phi) is 6.78. The van der Waals surface area contributed by atoms with Gasteiger partial charge < -0.3 is 19.7 Å². The van der Waals surface area contributed by atoms with Gasteiger partial charge in [-0.1, -0.05) is 15.9 Å². The summed E-state index contributed by atoms with van der Waals surface area (Å²) in [7, 11) is 3.22. The maximum atomic E-state index is 13.9. The quantitative estimate of drug-likeness (QED) is 0.693. The van der Waals surface area contributed by atoms with Crippen LogP contribution in [0.1, 0.15) is 30.0 Å². The van der Waals surface area contributed by atoms with E-state index in [9.17, 15) is 9.18 Å². The fraction of sp³-hybridized carbons (Fsp3) is 0.381. The zero-order chi connectivity index (χ0) is 20.1. The zero-order valence-electron chi connectivity index (χ0n) is 16.0. The third kappa shape index (κ3) is 4.58. The number of carbonyl (C=O) groups excluding carboxylic acids is 1. The van der Waals surface area contributed by atoms with Crippen LogP contribution in [0.2, 0.25) is 0 Å². The molecule has 1 aliphatic heterocycles. The lowest BCUT2D eigenvalue weighted by molar-refractivity contribution is 0.192. The van der Waals surface area contributed by atoms with Crippen LogP contribution >= 0.6 is 15.9 Å². The summed E-state index contributed by atoms with van der Waals surface area (Å²) in [5.41, 5.74) is 1.54. The van der Waals surface area contributed by atoms with Gasteiger partial charge in [-0.15, -0.1) is 0 Å². The van der Waals surface area contributed by atoms with Gasteiger partial charge in [0.1, 0.15) is 17.3 Å². The molecule has 7 heteroatoms. The van der Waals surface area contributed by atoms with E-state index in [4.69, 9.17) is 9.47 Å². The van der Waals surface area contributed by atoms with Crippen molar-refractivity contribution in [2.24, 2.45) is 0 Å². The number of nitrogens with one attached hydrogen (secondary N) is 1. The Morgan fingerprint density at radius 3 is 2.82 bits per heavy atom. The van der Waals surface area contributed by atoms with E-state index in [2.05, 4.69) is 21.2 Å². The van der Waals surface area contributed by atoms with Crippen molar-refractivity contribution in [3.8, 4) is 11.5 Å². The molecule has 1 unspecified atom stereocenters. The number of hydrogen-bond donors (Lipinski definition) is 1. The molecule has 2 aromatic rings. The van der Waals surface area contributed by atoms with Crippen molar-refractivity contribution in [3.05, 3.63) is 57.8 Å². The van der Waals surface area contributed by atoms with Gasteiger partial charge in [0.05, 0.1) is 20.3 Å². The van der Waals surface area contributed by atoms with E-state index in [-0.39, 0.29) is 17.9 Å². The predicted molar refractivity (Wildman–Crippen MR) is 109 cm³/mol. The van der Waals surface area contributed by atoms with Crippen LogP contribution in [0.4, 0.5) is 9.18 Å². The fourth-order valence-corrected chi connectivity index (χ4v) is 3.98. The van der Waals surface area contributed by atoms with E-state index in [1.807, 2.05) is 23.1 Å². The summed E-state index contributed by atoms with van der Waals surface area (Å²) >= 11 is 3.35. The van der Waals surface area contributed by atoms with Crippen LogP contribution in [0, 0.1) is 5.82 Å². The molecule has 1 fully saturated rings. The average molecular weight is 451 g/mol. The molecule has 5 nitrogen and oxygen atoms in total. The van der Waals surface area contributed by atoms with Gasteiger partial charge in [-0.2, -0.15) is 0 Å². The van der Waals surface area contributed by atoms with E-state index in [0.29, 0.717) is 36.6 Å². The third-order valence-corrected chi connectivity index (χ3v) is 5.48. The lowest BCUT2D eigenvalue weighted by Crippen LogP contribution is -2.40. The summed E-state index contributed by atoms with van der Waals surface area (Å²) in [5.74, 6) is 1.16. The highest BCUT2D eigenvalue weighted by Crippen LogP contribution is 2.38. The van der Waals surface area contributed by atoms with Crippen molar-refractivity contribution in [1.82, 2.24) is 10.2 Å². The molecule has 1 N–H and O–H groups in total. The van der Waals surface area contributed by atoms with Crippen LogP contribution in [0.15, 0.2) is 40.9 Å². The lowest BCUT2D eigenvalue weighted by atomic mass is 10.0. The highest BCUT2D eigenvalue weighted by atomic mass is 79.9. The number of likely N-dealkylation sites (tertiary alicyclic amines) is 1. The summed E-state index contributed by atoms with van der Waals surface area (Å²) in [6.07, 6.45) is 2.23.